The second-order valence-corrected chi connectivity index (χ2v) is 2.01. The van der Waals surface area contributed by atoms with Gasteiger partial charge < -0.3 is 13.3 Å². The lowest BCUT2D eigenvalue weighted by Gasteiger charge is -1.67. The van der Waals surface area contributed by atoms with E-state index in [1.54, 1.807) is 0 Å². The largest absolute Gasteiger partial charge is 0.425 e. The first-order valence-corrected chi connectivity index (χ1v) is 3.19. The van der Waals surface area contributed by atoms with Crippen LogP contribution >= 0.6 is 0 Å². The molecule has 0 spiro atoms. The van der Waals surface area contributed by atoms with E-state index in [0.29, 0.717) is 0 Å². The Morgan fingerprint density at radius 3 is 1.77 bits per heavy atom. The lowest BCUT2D eigenvalue weighted by molar-refractivity contribution is 0.408. The van der Waals surface area contributed by atoms with Gasteiger partial charge in [-0.2, -0.15) is 0 Å². The van der Waals surface area contributed by atoms with Crippen LogP contribution in [0, 0.1) is 0 Å². The summed E-state index contributed by atoms with van der Waals surface area (Å²) in [5.74, 6) is -0.723. The Kier molecular flexibility index (Phi) is 1.55. The maximum Gasteiger partial charge on any atom is 0.425 e. The SMILES string of the molecule is O=c1ccc(=O)oc2nnc(o1)o2. The van der Waals surface area contributed by atoms with Gasteiger partial charge in [0.1, 0.15) is 0 Å². The minimum Gasteiger partial charge on any atom is -0.372 e. The Morgan fingerprint density at radius 2 is 1.31 bits per heavy atom. The lowest BCUT2D eigenvalue weighted by atomic mass is 10.6. The van der Waals surface area contributed by atoms with Crippen molar-refractivity contribution in [2.45, 2.75) is 0 Å². The van der Waals surface area contributed by atoms with Crippen molar-refractivity contribution in [2.24, 2.45) is 0 Å². The van der Waals surface area contributed by atoms with E-state index in [0.717, 1.165) is 12.1 Å². The fourth-order valence-corrected chi connectivity index (χ4v) is 0.656. The summed E-state index contributed by atoms with van der Waals surface area (Å²) in [7, 11) is 0. The Labute approximate surface area is 69.3 Å². The quantitative estimate of drug-likeness (QED) is 0.550. The first kappa shape index (κ1) is 7.47. The maximum absolute atomic E-state index is 10.8. The predicted octanol–water partition coefficient (Wildman–Crippen LogP) is -0.309. The number of rotatable bonds is 0. The second-order valence-electron chi connectivity index (χ2n) is 2.01. The average Bonchev–Trinajstić information content (AvgIpc) is 2.50. The van der Waals surface area contributed by atoms with Crippen LogP contribution in [0.5, 0.6) is 0 Å². The Hall–Kier alpha value is -2.18. The van der Waals surface area contributed by atoms with Gasteiger partial charge in [0.2, 0.25) is 0 Å². The molecule has 0 aliphatic heterocycles. The summed E-state index contributed by atoms with van der Waals surface area (Å²) in [5, 5.41) is 6.54. The van der Waals surface area contributed by atoms with E-state index in [1.165, 1.54) is 0 Å². The van der Waals surface area contributed by atoms with Gasteiger partial charge in [0.25, 0.3) is 0 Å². The summed E-state index contributed by atoms with van der Waals surface area (Å²) in [5.41, 5.74) is -1.57. The molecule has 66 valence electrons. The van der Waals surface area contributed by atoms with Crippen LogP contribution < -0.4 is 11.3 Å². The van der Waals surface area contributed by atoms with Crippen LogP contribution in [0.15, 0.2) is 35.0 Å². The minimum atomic E-state index is -0.783. The zero-order valence-electron chi connectivity index (χ0n) is 6.09. The molecule has 2 heterocycles. The van der Waals surface area contributed by atoms with Crippen LogP contribution in [-0.2, 0) is 0 Å². The zero-order chi connectivity index (χ0) is 9.26. The minimum absolute atomic E-state index is 0.362. The highest BCUT2D eigenvalue weighted by Crippen LogP contribution is 1.96. The molecule has 0 atom stereocenters. The Balaban J connectivity index is 3.01. The fraction of sp³-hybridized carbons (Fsp3) is 0. The molecule has 2 rings (SSSR count). The summed E-state index contributed by atoms with van der Waals surface area (Å²) in [6, 6.07) is 1.80. The summed E-state index contributed by atoms with van der Waals surface area (Å²) < 4.78 is 13.5. The third-order valence-corrected chi connectivity index (χ3v) is 1.12. The zero-order valence-corrected chi connectivity index (χ0v) is 6.09. The van der Waals surface area contributed by atoms with E-state index in [-0.39, 0.29) is 11.8 Å². The van der Waals surface area contributed by atoms with Crippen molar-refractivity contribution in [2.75, 3.05) is 0 Å². The molecule has 0 aliphatic carbocycles. The van der Waals surface area contributed by atoms with Gasteiger partial charge in [0.15, 0.2) is 0 Å². The molecule has 0 radical (unpaired) electrons. The highest BCUT2D eigenvalue weighted by molar-refractivity contribution is 5.18. The van der Waals surface area contributed by atoms with Crippen molar-refractivity contribution < 1.29 is 13.3 Å². The molecule has 7 heteroatoms. The molecule has 0 aliphatic rings. The molecule has 0 amide bonds. The first-order chi connectivity index (χ1) is 6.24. The van der Waals surface area contributed by atoms with E-state index in [2.05, 4.69) is 23.4 Å². The molecule has 2 aromatic heterocycles. The molecule has 0 saturated heterocycles. The van der Waals surface area contributed by atoms with Gasteiger partial charge in [-0.3, -0.25) is 0 Å². The third kappa shape index (κ3) is 1.53. The number of hydrogen-bond acceptors (Lipinski definition) is 7. The molecule has 0 saturated carbocycles. The summed E-state index contributed by atoms with van der Waals surface area (Å²) in [6.45, 7) is 0. The third-order valence-electron chi connectivity index (χ3n) is 1.12. The van der Waals surface area contributed by atoms with Crippen molar-refractivity contribution in [1.29, 1.82) is 0 Å². The van der Waals surface area contributed by atoms with Gasteiger partial charge in [0, 0.05) is 12.1 Å². The molecule has 7 nitrogen and oxygen atoms in total. The number of nitrogens with zero attached hydrogens (tertiary/aromatic N) is 2. The van der Waals surface area contributed by atoms with Gasteiger partial charge >= 0.3 is 23.1 Å². The first-order valence-electron chi connectivity index (χ1n) is 3.19. The number of hydrogen-bond donors (Lipinski definition) is 0. The van der Waals surface area contributed by atoms with Crippen LogP contribution in [0.25, 0.3) is 11.8 Å². The van der Waals surface area contributed by atoms with Crippen LogP contribution in [-0.4, -0.2) is 10.2 Å². The van der Waals surface area contributed by atoms with Gasteiger partial charge in [-0.15, -0.1) is 0 Å². The molecule has 0 N–H and O–H groups in total. The molecular weight excluding hydrogens is 180 g/mol. The molecule has 2 bridgehead atoms. The van der Waals surface area contributed by atoms with Crippen LogP contribution in [0.2, 0.25) is 0 Å². The van der Waals surface area contributed by atoms with E-state index < -0.39 is 11.3 Å². The average molecular weight is 182 g/mol. The second kappa shape index (κ2) is 2.70. The highest BCUT2D eigenvalue weighted by atomic mass is 16.6. The molecule has 2 aromatic rings. The fourth-order valence-electron chi connectivity index (χ4n) is 0.656. The predicted molar refractivity (Wildman–Crippen MR) is 37.7 cm³/mol. The van der Waals surface area contributed by atoms with E-state index >= 15 is 0 Å². The summed E-state index contributed by atoms with van der Waals surface area (Å²) in [4.78, 5) is 21.6. The van der Waals surface area contributed by atoms with Crippen molar-refractivity contribution in [1.82, 2.24) is 10.2 Å². The topological polar surface area (TPSA) is 99.3 Å². The lowest BCUT2D eigenvalue weighted by Crippen LogP contribution is -1.96. The van der Waals surface area contributed by atoms with Gasteiger partial charge in [-0.1, -0.05) is 10.2 Å². The normalized spacial score (nSPS) is 10.2. The van der Waals surface area contributed by atoms with Crippen molar-refractivity contribution in [3.05, 3.63) is 33.0 Å². The Bertz CT molecular complexity index is 514. The van der Waals surface area contributed by atoms with Crippen molar-refractivity contribution >= 4 is 11.8 Å². The smallest absolute Gasteiger partial charge is 0.372 e. The van der Waals surface area contributed by atoms with E-state index in [1.807, 2.05) is 0 Å². The van der Waals surface area contributed by atoms with Crippen LogP contribution in [0.1, 0.15) is 0 Å². The Morgan fingerprint density at radius 1 is 0.846 bits per heavy atom. The molecular formula is C6H2N2O5. The van der Waals surface area contributed by atoms with Crippen LogP contribution in [0.3, 0.4) is 0 Å². The summed E-state index contributed by atoms with van der Waals surface area (Å²) in [6.07, 6.45) is 0. The standard InChI is InChI=1S/C6H2N2O5/c9-3-1-2-4(10)12-6-8-7-5(11-3)13-6/h1-2H. The van der Waals surface area contributed by atoms with Gasteiger partial charge in [0.05, 0.1) is 0 Å². The van der Waals surface area contributed by atoms with Gasteiger partial charge in [-0.25, -0.2) is 9.59 Å². The van der Waals surface area contributed by atoms with E-state index in [9.17, 15) is 9.59 Å². The molecule has 0 fully saturated rings. The van der Waals surface area contributed by atoms with Crippen molar-refractivity contribution in [3.8, 4) is 0 Å². The molecule has 0 unspecified atom stereocenters. The van der Waals surface area contributed by atoms with Gasteiger partial charge in [-0.05, 0) is 0 Å². The maximum atomic E-state index is 10.8. The number of fused-ring (bicyclic) bond motifs is 2. The summed E-state index contributed by atoms with van der Waals surface area (Å²) >= 11 is 0. The van der Waals surface area contributed by atoms with Crippen LogP contribution in [0.4, 0.5) is 0 Å². The number of aromatic nitrogens is 2. The molecule has 13 heavy (non-hydrogen) atoms. The molecule has 0 aromatic carbocycles. The monoisotopic (exact) mass is 182 g/mol. The van der Waals surface area contributed by atoms with E-state index in [4.69, 9.17) is 0 Å². The van der Waals surface area contributed by atoms with Crippen molar-refractivity contribution in [3.63, 3.8) is 0 Å². The highest BCUT2D eigenvalue weighted by Gasteiger charge is 1.98.